The van der Waals surface area contributed by atoms with Crippen LogP contribution in [0.15, 0.2) is 47.6 Å². The van der Waals surface area contributed by atoms with Crippen molar-refractivity contribution in [3.63, 3.8) is 0 Å². The Kier molecular flexibility index (Phi) is 6.91. The van der Waals surface area contributed by atoms with Gasteiger partial charge < -0.3 is 14.6 Å². The normalized spacial score (nSPS) is 28.4. The van der Waals surface area contributed by atoms with E-state index in [0.717, 1.165) is 11.1 Å². The number of aliphatic hydroxyl groups excluding tert-OH is 1. The highest BCUT2D eigenvalue weighted by molar-refractivity contribution is 5.75. The van der Waals surface area contributed by atoms with Gasteiger partial charge in [-0.1, -0.05) is 24.3 Å². The molecule has 0 aromatic carbocycles. The van der Waals surface area contributed by atoms with E-state index in [1.165, 1.54) is 6.92 Å². The molecule has 27 heavy (non-hydrogen) atoms. The number of aliphatic hydroxyl groups is 1. The second-order valence-corrected chi connectivity index (χ2v) is 7.09. The Morgan fingerprint density at radius 1 is 1.48 bits per heavy atom. The molecule has 0 aromatic rings. The second-order valence-electron chi connectivity index (χ2n) is 7.09. The monoisotopic (exact) mass is 374 g/mol. The topological polar surface area (TPSA) is 89.9 Å². The van der Waals surface area contributed by atoms with Crippen LogP contribution in [-0.2, 0) is 23.9 Å². The van der Waals surface area contributed by atoms with Crippen molar-refractivity contribution in [1.29, 1.82) is 0 Å². The number of carbonyl (C=O) groups excluding carboxylic acids is 3. The van der Waals surface area contributed by atoms with Crippen LogP contribution < -0.4 is 0 Å². The molecule has 0 amide bonds. The molecule has 0 radical (unpaired) electrons. The molecule has 1 unspecified atom stereocenters. The Labute approximate surface area is 159 Å². The zero-order valence-electron chi connectivity index (χ0n) is 15.8. The maximum absolute atomic E-state index is 12.1. The van der Waals surface area contributed by atoms with Crippen LogP contribution in [0.3, 0.4) is 0 Å². The van der Waals surface area contributed by atoms with Gasteiger partial charge >= 0.3 is 11.9 Å². The van der Waals surface area contributed by atoms with Crippen molar-refractivity contribution in [2.24, 2.45) is 5.41 Å². The molecular weight excluding hydrogens is 348 g/mol. The Morgan fingerprint density at radius 2 is 2.22 bits per heavy atom. The van der Waals surface area contributed by atoms with Crippen LogP contribution in [0, 0.1) is 5.41 Å². The fourth-order valence-corrected chi connectivity index (χ4v) is 3.55. The van der Waals surface area contributed by atoms with Crippen LogP contribution >= 0.6 is 0 Å². The zero-order valence-corrected chi connectivity index (χ0v) is 15.8. The third kappa shape index (κ3) is 5.04. The lowest BCUT2D eigenvalue weighted by molar-refractivity contribution is -0.146. The van der Waals surface area contributed by atoms with Gasteiger partial charge in [-0.25, -0.2) is 0 Å². The van der Waals surface area contributed by atoms with Crippen molar-refractivity contribution in [2.75, 3.05) is 6.61 Å². The van der Waals surface area contributed by atoms with Gasteiger partial charge in [-0.05, 0) is 37.5 Å². The lowest BCUT2D eigenvalue weighted by Gasteiger charge is -2.37. The van der Waals surface area contributed by atoms with Gasteiger partial charge in [0, 0.05) is 24.3 Å². The minimum absolute atomic E-state index is 0.197. The van der Waals surface area contributed by atoms with Crippen LogP contribution in [0.25, 0.3) is 0 Å². The summed E-state index contributed by atoms with van der Waals surface area (Å²) in [4.78, 5) is 34.1. The average molecular weight is 374 g/mol. The largest absolute Gasteiger partial charge is 0.458 e. The summed E-state index contributed by atoms with van der Waals surface area (Å²) >= 11 is 0. The molecule has 0 bridgehead atoms. The van der Waals surface area contributed by atoms with Gasteiger partial charge in [-0.3, -0.25) is 14.4 Å². The molecule has 1 N–H and O–H groups in total. The Balaban J connectivity index is 2.17. The van der Waals surface area contributed by atoms with Crippen molar-refractivity contribution in [3.8, 4) is 0 Å². The third-order valence-corrected chi connectivity index (χ3v) is 5.01. The summed E-state index contributed by atoms with van der Waals surface area (Å²) in [6, 6.07) is 0. The van der Waals surface area contributed by atoms with Crippen LogP contribution in [0.5, 0.6) is 0 Å². The minimum Gasteiger partial charge on any atom is -0.458 e. The first-order chi connectivity index (χ1) is 12.8. The SMILES string of the molecule is C=C1C=C[C@@H](OC(C)=O)CC12CC(=O)O[C@@H]2/C=C(\C)CC/C=C(/C=O)CO. The first kappa shape index (κ1) is 20.8. The van der Waals surface area contributed by atoms with Crippen LogP contribution in [0.1, 0.15) is 39.5 Å². The molecule has 1 saturated heterocycles. The van der Waals surface area contributed by atoms with Gasteiger partial charge in [0.05, 0.1) is 13.0 Å². The third-order valence-electron chi connectivity index (χ3n) is 5.01. The van der Waals surface area contributed by atoms with E-state index in [0.29, 0.717) is 31.1 Å². The molecule has 2 aliphatic rings. The van der Waals surface area contributed by atoms with E-state index in [4.69, 9.17) is 14.6 Å². The molecule has 1 aliphatic heterocycles. The van der Waals surface area contributed by atoms with E-state index in [2.05, 4.69) is 6.58 Å². The predicted octanol–water partition coefficient (Wildman–Crippen LogP) is 2.58. The van der Waals surface area contributed by atoms with Gasteiger partial charge in [0.2, 0.25) is 0 Å². The number of allylic oxidation sites excluding steroid dienone is 3. The van der Waals surface area contributed by atoms with Crippen molar-refractivity contribution in [2.45, 2.75) is 51.7 Å². The maximum Gasteiger partial charge on any atom is 0.307 e. The van der Waals surface area contributed by atoms with Gasteiger partial charge in [-0.15, -0.1) is 0 Å². The van der Waals surface area contributed by atoms with E-state index in [9.17, 15) is 14.4 Å². The molecule has 6 heteroatoms. The number of ether oxygens (including phenoxy) is 2. The average Bonchev–Trinajstić information content (AvgIpc) is 2.90. The lowest BCUT2D eigenvalue weighted by atomic mass is 9.68. The summed E-state index contributed by atoms with van der Waals surface area (Å²) in [5, 5.41) is 9.01. The molecule has 146 valence electrons. The number of hydrogen-bond donors (Lipinski definition) is 1. The number of rotatable bonds is 7. The number of cyclic esters (lactones) is 1. The smallest absolute Gasteiger partial charge is 0.307 e. The van der Waals surface area contributed by atoms with Gasteiger partial charge in [0.25, 0.3) is 0 Å². The Bertz CT molecular complexity index is 714. The highest BCUT2D eigenvalue weighted by atomic mass is 16.6. The highest BCUT2D eigenvalue weighted by Gasteiger charge is 2.52. The van der Waals surface area contributed by atoms with Crippen molar-refractivity contribution < 1.29 is 29.0 Å². The molecule has 1 heterocycles. The second kappa shape index (κ2) is 8.95. The molecule has 3 atom stereocenters. The first-order valence-corrected chi connectivity index (χ1v) is 8.97. The van der Waals surface area contributed by atoms with E-state index in [-0.39, 0.29) is 25.0 Å². The molecule has 0 saturated carbocycles. The summed E-state index contributed by atoms with van der Waals surface area (Å²) in [7, 11) is 0. The number of aldehydes is 1. The van der Waals surface area contributed by atoms with Crippen LogP contribution in [-0.4, -0.2) is 42.1 Å². The van der Waals surface area contributed by atoms with Crippen LogP contribution in [0.2, 0.25) is 0 Å². The Hall–Kier alpha value is -2.47. The highest BCUT2D eigenvalue weighted by Crippen LogP contribution is 2.49. The molecule has 0 aromatic heterocycles. The quantitative estimate of drug-likeness (QED) is 0.319. The zero-order chi connectivity index (χ0) is 20.0. The van der Waals surface area contributed by atoms with Crippen molar-refractivity contribution >= 4 is 18.2 Å². The van der Waals surface area contributed by atoms with E-state index >= 15 is 0 Å². The first-order valence-electron chi connectivity index (χ1n) is 8.97. The fraction of sp³-hybridized carbons (Fsp3) is 0.476. The molecule has 1 fully saturated rings. The summed E-state index contributed by atoms with van der Waals surface area (Å²) in [6.07, 6.45) is 8.84. The lowest BCUT2D eigenvalue weighted by Crippen LogP contribution is -2.38. The van der Waals surface area contributed by atoms with Crippen LogP contribution in [0.4, 0.5) is 0 Å². The molecule has 1 aliphatic carbocycles. The summed E-state index contributed by atoms with van der Waals surface area (Å²) in [5.74, 6) is -0.673. The van der Waals surface area contributed by atoms with Gasteiger partial charge in [0.15, 0.2) is 0 Å². The molecule has 6 nitrogen and oxygen atoms in total. The Morgan fingerprint density at radius 3 is 2.85 bits per heavy atom. The number of esters is 2. The molecular formula is C21H26O6. The number of carbonyl (C=O) groups is 3. The van der Waals surface area contributed by atoms with Gasteiger partial charge in [0.1, 0.15) is 18.5 Å². The van der Waals surface area contributed by atoms with Crippen molar-refractivity contribution in [3.05, 3.63) is 47.6 Å². The fourth-order valence-electron chi connectivity index (χ4n) is 3.55. The van der Waals surface area contributed by atoms with Crippen molar-refractivity contribution in [1.82, 2.24) is 0 Å². The predicted molar refractivity (Wildman–Crippen MR) is 99.6 cm³/mol. The standard InChI is InChI=1S/C21H26O6/c1-14(5-4-6-17(12-22)13-23)9-19-21(11-20(25)27-19)10-18(26-16(3)24)8-7-15(21)2/h6-9,12,18-19,23H,2,4-5,10-11,13H2,1,3H3/b14-9+,17-6-/t18-,19-,21?/m1/s1. The summed E-state index contributed by atoms with van der Waals surface area (Å²) < 4.78 is 10.9. The van der Waals surface area contributed by atoms with E-state index in [1.54, 1.807) is 18.2 Å². The molecule has 1 spiro atoms. The van der Waals surface area contributed by atoms with Gasteiger partial charge in [-0.2, -0.15) is 0 Å². The van der Waals surface area contributed by atoms with E-state index < -0.39 is 17.6 Å². The number of hydrogen-bond acceptors (Lipinski definition) is 6. The van der Waals surface area contributed by atoms with E-state index in [1.807, 2.05) is 13.0 Å². The minimum atomic E-state index is -0.623. The molecule has 2 rings (SSSR count). The maximum atomic E-state index is 12.1. The summed E-state index contributed by atoms with van der Waals surface area (Å²) in [6.45, 7) is 7.10. The summed E-state index contributed by atoms with van der Waals surface area (Å²) in [5.41, 5.74) is 1.51.